The fourth-order valence-corrected chi connectivity index (χ4v) is 2.67. The number of aromatic nitrogens is 4. The Morgan fingerprint density at radius 3 is 3.13 bits per heavy atom. The van der Waals surface area contributed by atoms with Crippen LogP contribution in [0.3, 0.4) is 0 Å². The van der Waals surface area contributed by atoms with Gasteiger partial charge in [0.1, 0.15) is 18.3 Å². The van der Waals surface area contributed by atoms with Crippen LogP contribution in [0, 0.1) is 0 Å². The van der Waals surface area contributed by atoms with Crippen molar-refractivity contribution in [3.8, 4) is 5.88 Å². The molecule has 1 aliphatic heterocycles. The highest BCUT2D eigenvalue weighted by molar-refractivity contribution is 5.43. The van der Waals surface area contributed by atoms with Gasteiger partial charge >= 0.3 is 0 Å². The Hall–Kier alpha value is -2.51. The van der Waals surface area contributed by atoms with E-state index in [0.717, 1.165) is 0 Å². The fraction of sp³-hybridized carbons (Fsp3) is 0.467. The molecule has 2 atom stereocenters. The van der Waals surface area contributed by atoms with Gasteiger partial charge in [-0.1, -0.05) is 0 Å². The van der Waals surface area contributed by atoms with Crippen molar-refractivity contribution in [3.63, 3.8) is 0 Å². The van der Waals surface area contributed by atoms with Crippen LogP contribution in [0.5, 0.6) is 5.88 Å². The molecule has 0 amide bonds. The number of anilines is 2. The highest BCUT2D eigenvalue weighted by atomic mass is 19.1. The summed E-state index contributed by atoms with van der Waals surface area (Å²) in [5.41, 5.74) is 0. The normalized spacial score (nSPS) is 20.5. The van der Waals surface area contributed by atoms with Crippen molar-refractivity contribution in [1.29, 1.82) is 0 Å². The minimum Gasteiger partial charge on any atom is -0.478 e. The van der Waals surface area contributed by atoms with Crippen LogP contribution in [0.15, 0.2) is 30.7 Å². The number of ether oxygens (including phenoxy) is 1. The Kier molecular flexibility index (Phi) is 4.80. The summed E-state index contributed by atoms with van der Waals surface area (Å²) in [4.78, 5) is 10.1. The number of hydrogen-bond donors (Lipinski definition) is 1. The molecule has 0 saturated carbocycles. The predicted octanol–water partition coefficient (Wildman–Crippen LogP) is 1.69. The van der Waals surface area contributed by atoms with Crippen LogP contribution in [0.25, 0.3) is 0 Å². The monoisotopic (exact) mass is 318 g/mol. The average molecular weight is 318 g/mol. The second kappa shape index (κ2) is 7.17. The van der Waals surface area contributed by atoms with E-state index in [4.69, 9.17) is 4.74 Å². The number of hydrogen-bond acceptors (Lipinski definition) is 7. The molecule has 1 fully saturated rings. The summed E-state index contributed by atoms with van der Waals surface area (Å²) in [6, 6.07) is 5.37. The van der Waals surface area contributed by atoms with Crippen molar-refractivity contribution in [3.05, 3.63) is 30.7 Å². The first-order chi connectivity index (χ1) is 11.3. The van der Waals surface area contributed by atoms with E-state index in [1.54, 1.807) is 18.3 Å². The second-order valence-electron chi connectivity index (χ2n) is 5.28. The lowest BCUT2D eigenvalue weighted by molar-refractivity contribution is 0.326. The zero-order valence-electron chi connectivity index (χ0n) is 12.9. The van der Waals surface area contributed by atoms with Gasteiger partial charge in [0.25, 0.3) is 0 Å². The predicted molar refractivity (Wildman–Crippen MR) is 84.4 cm³/mol. The Morgan fingerprint density at radius 1 is 1.43 bits per heavy atom. The molecule has 1 aliphatic rings. The third-order valence-electron chi connectivity index (χ3n) is 3.67. The third kappa shape index (κ3) is 3.82. The Morgan fingerprint density at radius 2 is 2.35 bits per heavy atom. The standard InChI is InChI=1S/C15H19FN6O/c1-2-23-15-7-13(18-10-19-15)17-8-12-6-11(16)9-22(12)14-4-3-5-20-21-14/h3-5,7,10-12H,2,6,8-9H2,1H3,(H,17,18,19)/t11-,12-/m0/s1. The molecule has 0 radical (unpaired) electrons. The highest BCUT2D eigenvalue weighted by Crippen LogP contribution is 2.25. The van der Waals surface area contributed by atoms with Crippen LogP contribution < -0.4 is 15.0 Å². The molecule has 7 nitrogen and oxygen atoms in total. The van der Waals surface area contributed by atoms with Crippen LogP contribution in [-0.2, 0) is 0 Å². The smallest absolute Gasteiger partial charge is 0.218 e. The van der Waals surface area contributed by atoms with Gasteiger partial charge in [0.05, 0.1) is 19.2 Å². The topological polar surface area (TPSA) is 76.1 Å². The van der Waals surface area contributed by atoms with Gasteiger partial charge in [-0.2, -0.15) is 5.10 Å². The van der Waals surface area contributed by atoms with E-state index in [0.29, 0.717) is 43.6 Å². The van der Waals surface area contributed by atoms with Crippen LogP contribution in [0.1, 0.15) is 13.3 Å². The quantitative estimate of drug-likeness (QED) is 0.868. The van der Waals surface area contributed by atoms with Gasteiger partial charge in [0.2, 0.25) is 5.88 Å². The molecule has 1 N–H and O–H groups in total. The zero-order valence-corrected chi connectivity index (χ0v) is 12.9. The first-order valence-corrected chi connectivity index (χ1v) is 7.63. The SMILES string of the molecule is CCOc1cc(NC[C@@H]2C[C@H](F)CN2c2cccnn2)ncn1. The molecule has 0 aliphatic carbocycles. The van der Waals surface area contributed by atoms with Crippen LogP contribution in [0.4, 0.5) is 16.0 Å². The molecular weight excluding hydrogens is 299 g/mol. The molecule has 2 aromatic heterocycles. The average Bonchev–Trinajstić information content (AvgIpc) is 2.95. The van der Waals surface area contributed by atoms with Crippen LogP contribution in [0.2, 0.25) is 0 Å². The molecule has 2 aromatic rings. The number of rotatable bonds is 6. The van der Waals surface area contributed by atoms with Gasteiger partial charge < -0.3 is 15.0 Å². The molecule has 1 saturated heterocycles. The molecule has 0 spiro atoms. The zero-order chi connectivity index (χ0) is 16.1. The largest absolute Gasteiger partial charge is 0.478 e. The first-order valence-electron chi connectivity index (χ1n) is 7.63. The number of nitrogens with one attached hydrogen (secondary N) is 1. The van der Waals surface area contributed by atoms with Gasteiger partial charge in [-0.25, -0.2) is 14.4 Å². The summed E-state index contributed by atoms with van der Waals surface area (Å²) in [6.07, 6.45) is 2.64. The Labute approximate surface area is 133 Å². The van der Waals surface area contributed by atoms with E-state index >= 15 is 0 Å². The fourth-order valence-electron chi connectivity index (χ4n) is 2.67. The van der Waals surface area contributed by atoms with Crippen molar-refractivity contribution < 1.29 is 9.13 Å². The van der Waals surface area contributed by atoms with E-state index < -0.39 is 6.17 Å². The Bertz CT molecular complexity index is 628. The summed E-state index contributed by atoms with van der Waals surface area (Å²) in [6.45, 7) is 3.33. The van der Waals surface area contributed by atoms with Crippen molar-refractivity contribution in [2.75, 3.05) is 29.9 Å². The summed E-state index contributed by atoms with van der Waals surface area (Å²) in [5.74, 6) is 1.87. The number of halogens is 1. The molecule has 23 heavy (non-hydrogen) atoms. The molecule has 3 rings (SSSR count). The van der Waals surface area contributed by atoms with Crippen molar-refractivity contribution in [1.82, 2.24) is 20.2 Å². The lowest BCUT2D eigenvalue weighted by atomic mass is 10.2. The molecule has 8 heteroatoms. The van der Waals surface area contributed by atoms with E-state index in [1.165, 1.54) is 6.33 Å². The first kappa shape index (κ1) is 15.4. The molecule has 0 bridgehead atoms. The van der Waals surface area contributed by atoms with E-state index in [9.17, 15) is 4.39 Å². The second-order valence-corrected chi connectivity index (χ2v) is 5.28. The summed E-state index contributed by atoms with van der Waals surface area (Å²) >= 11 is 0. The summed E-state index contributed by atoms with van der Waals surface area (Å²) in [5, 5.41) is 11.2. The minimum atomic E-state index is -0.867. The van der Waals surface area contributed by atoms with Gasteiger partial charge in [0.15, 0.2) is 5.82 Å². The molecule has 0 unspecified atom stereocenters. The van der Waals surface area contributed by atoms with E-state index in [1.807, 2.05) is 17.9 Å². The lowest BCUT2D eigenvalue weighted by Gasteiger charge is -2.25. The van der Waals surface area contributed by atoms with Gasteiger partial charge in [-0.15, -0.1) is 5.10 Å². The highest BCUT2D eigenvalue weighted by Gasteiger charge is 2.33. The summed E-state index contributed by atoms with van der Waals surface area (Å²) in [7, 11) is 0. The maximum absolute atomic E-state index is 13.8. The van der Waals surface area contributed by atoms with Gasteiger partial charge in [0, 0.05) is 25.2 Å². The number of alkyl halides is 1. The number of nitrogens with zero attached hydrogens (tertiary/aromatic N) is 5. The van der Waals surface area contributed by atoms with E-state index in [-0.39, 0.29) is 6.04 Å². The third-order valence-corrected chi connectivity index (χ3v) is 3.67. The van der Waals surface area contributed by atoms with Gasteiger partial charge in [-0.05, 0) is 19.1 Å². The maximum atomic E-state index is 13.8. The summed E-state index contributed by atoms with van der Waals surface area (Å²) < 4.78 is 19.2. The maximum Gasteiger partial charge on any atom is 0.218 e. The van der Waals surface area contributed by atoms with Crippen LogP contribution >= 0.6 is 0 Å². The Balaban J connectivity index is 1.65. The van der Waals surface area contributed by atoms with Crippen molar-refractivity contribution in [2.24, 2.45) is 0 Å². The van der Waals surface area contributed by atoms with Crippen molar-refractivity contribution >= 4 is 11.6 Å². The molecule has 122 valence electrons. The molecule has 3 heterocycles. The van der Waals surface area contributed by atoms with Crippen molar-refractivity contribution in [2.45, 2.75) is 25.6 Å². The molecular formula is C15H19FN6O. The lowest BCUT2D eigenvalue weighted by Crippen LogP contribution is -2.35. The van der Waals surface area contributed by atoms with Crippen LogP contribution in [-0.4, -0.2) is 52.1 Å². The minimum absolute atomic E-state index is 0.00721. The van der Waals surface area contributed by atoms with E-state index in [2.05, 4.69) is 25.5 Å². The molecule has 0 aromatic carbocycles. The van der Waals surface area contributed by atoms with Gasteiger partial charge in [-0.3, -0.25) is 0 Å².